The second-order valence-corrected chi connectivity index (χ2v) is 9.14. The SMILES string of the molecule is C/C=S1/c2ccc(C(=O)NCc3cccc(OC(F)(F)F)c3)cc2NC(=O)c2ccccc21. The molecule has 33 heavy (non-hydrogen) atoms. The molecule has 0 saturated carbocycles. The van der Waals surface area contributed by atoms with Crippen LogP contribution in [0.4, 0.5) is 18.9 Å². The fraction of sp³-hybridized carbons (Fsp3) is 0.125. The quantitative estimate of drug-likeness (QED) is 0.487. The zero-order valence-electron chi connectivity index (χ0n) is 17.4. The third kappa shape index (κ3) is 5.09. The van der Waals surface area contributed by atoms with E-state index in [2.05, 4.69) is 15.4 Å². The fourth-order valence-corrected chi connectivity index (χ4v) is 5.43. The van der Waals surface area contributed by atoms with Crippen LogP contribution in [-0.4, -0.2) is 23.5 Å². The van der Waals surface area contributed by atoms with Crippen LogP contribution in [0.1, 0.15) is 33.2 Å². The molecule has 1 aliphatic rings. The molecule has 0 saturated heterocycles. The van der Waals surface area contributed by atoms with Gasteiger partial charge in [0.15, 0.2) is 0 Å². The number of nitrogens with one attached hydrogen (secondary N) is 2. The summed E-state index contributed by atoms with van der Waals surface area (Å²) in [5.74, 6) is -1.02. The number of rotatable bonds is 4. The van der Waals surface area contributed by atoms with Gasteiger partial charge >= 0.3 is 6.36 Å². The fourth-order valence-electron chi connectivity index (χ4n) is 3.51. The van der Waals surface area contributed by atoms with Gasteiger partial charge in [0, 0.05) is 21.9 Å². The molecule has 0 radical (unpaired) electrons. The highest BCUT2D eigenvalue weighted by Gasteiger charge is 2.31. The number of hydrogen-bond acceptors (Lipinski definition) is 3. The van der Waals surface area contributed by atoms with Gasteiger partial charge in [-0.3, -0.25) is 9.59 Å². The highest BCUT2D eigenvalue weighted by molar-refractivity contribution is 8.15. The van der Waals surface area contributed by atoms with E-state index in [0.717, 1.165) is 9.79 Å². The Kier molecular flexibility index (Phi) is 6.24. The van der Waals surface area contributed by atoms with E-state index in [1.165, 1.54) is 18.2 Å². The van der Waals surface area contributed by atoms with Crippen LogP contribution in [-0.2, 0) is 6.54 Å². The monoisotopic (exact) mass is 472 g/mol. The van der Waals surface area contributed by atoms with Gasteiger partial charge in [-0.05, 0) is 55.0 Å². The van der Waals surface area contributed by atoms with Crippen molar-refractivity contribution in [3.05, 3.63) is 83.4 Å². The minimum Gasteiger partial charge on any atom is -0.406 e. The average Bonchev–Trinajstić information content (AvgIpc) is 2.89. The molecule has 9 heteroatoms. The van der Waals surface area contributed by atoms with Crippen LogP contribution in [0.3, 0.4) is 0 Å². The molecule has 0 fully saturated rings. The molecule has 3 aromatic rings. The van der Waals surface area contributed by atoms with Crippen LogP contribution in [0.15, 0.2) is 76.5 Å². The molecule has 1 aliphatic heterocycles. The third-order valence-electron chi connectivity index (χ3n) is 4.92. The second-order valence-electron chi connectivity index (χ2n) is 7.11. The van der Waals surface area contributed by atoms with E-state index in [1.54, 1.807) is 30.3 Å². The summed E-state index contributed by atoms with van der Waals surface area (Å²) in [5, 5.41) is 7.59. The van der Waals surface area contributed by atoms with Crippen LogP contribution in [0.25, 0.3) is 0 Å². The Hall–Kier alpha value is -3.59. The van der Waals surface area contributed by atoms with Crippen molar-refractivity contribution in [2.24, 2.45) is 0 Å². The van der Waals surface area contributed by atoms with Crippen LogP contribution in [0, 0.1) is 0 Å². The lowest BCUT2D eigenvalue weighted by atomic mass is 10.1. The summed E-state index contributed by atoms with van der Waals surface area (Å²) in [7, 11) is -0.451. The van der Waals surface area contributed by atoms with Crippen LogP contribution in [0.5, 0.6) is 5.75 Å². The van der Waals surface area contributed by atoms with Crippen molar-refractivity contribution >= 4 is 33.4 Å². The van der Waals surface area contributed by atoms with Gasteiger partial charge in [0.05, 0.1) is 11.3 Å². The number of carbonyl (C=O) groups is 2. The number of fused-ring (bicyclic) bond motifs is 2. The number of amides is 2. The topological polar surface area (TPSA) is 67.4 Å². The smallest absolute Gasteiger partial charge is 0.406 e. The van der Waals surface area contributed by atoms with Crippen LogP contribution >= 0.6 is 10.5 Å². The molecule has 1 atom stereocenters. The van der Waals surface area contributed by atoms with Gasteiger partial charge in [-0.1, -0.05) is 29.6 Å². The minimum atomic E-state index is -4.79. The lowest BCUT2D eigenvalue weighted by molar-refractivity contribution is -0.274. The van der Waals surface area contributed by atoms with E-state index in [1.807, 2.05) is 30.5 Å². The van der Waals surface area contributed by atoms with Crippen LogP contribution in [0.2, 0.25) is 0 Å². The minimum absolute atomic E-state index is 0.00981. The molecule has 1 heterocycles. The highest BCUT2D eigenvalue weighted by Crippen LogP contribution is 2.44. The molecular formula is C24H19F3N2O3S. The maximum Gasteiger partial charge on any atom is 0.573 e. The Morgan fingerprint density at radius 3 is 2.61 bits per heavy atom. The number of benzene rings is 3. The summed E-state index contributed by atoms with van der Waals surface area (Å²) in [6.45, 7) is 1.94. The Bertz CT molecular complexity index is 1270. The highest BCUT2D eigenvalue weighted by atomic mass is 32.2. The maximum atomic E-state index is 12.7. The molecule has 1 unspecified atom stereocenters. The predicted molar refractivity (Wildman–Crippen MR) is 121 cm³/mol. The Morgan fingerprint density at radius 1 is 1.06 bits per heavy atom. The van der Waals surface area contributed by atoms with Gasteiger partial charge in [0.1, 0.15) is 5.75 Å². The molecule has 2 N–H and O–H groups in total. The Balaban J connectivity index is 1.54. The van der Waals surface area contributed by atoms with E-state index in [-0.39, 0.29) is 18.2 Å². The van der Waals surface area contributed by atoms with Crippen molar-refractivity contribution in [1.82, 2.24) is 5.32 Å². The first-order chi connectivity index (χ1) is 15.7. The van der Waals surface area contributed by atoms with E-state index in [4.69, 9.17) is 0 Å². The zero-order valence-corrected chi connectivity index (χ0v) is 18.2. The lowest BCUT2D eigenvalue weighted by Crippen LogP contribution is -2.23. The molecule has 0 spiro atoms. The third-order valence-corrected chi connectivity index (χ3v) is 7.05. The lowest BCUT2D eigenvalue weighted by Gasteiger charge is -2.13. The molecule has 3 aromatic carbocycles. The number of halogens is 3. The van der Waals surface area contributed by atoms with Crippen LogP contribution < -0.4 is 15.4 Å². The summed E-state index contributed by atoms with van der Waals surface area (Å²) in [6, 6.07) is 17.9. The average molecular weight is 472 g/mol. The maximum absolute atomic E-state index is 12.7. The summed E-state index contributed by atoms with van der Waals surface area (Å²) in [5.41, 5.74) is 1.90. The number of ether oxygens (including phenoxy) is 1. The van der Waals surface area contributed by atoms with E-state index < -0.39 is 22.8 Å². The molecule has 5 nitrogen and oxygen atoms in total. The van der Waals surface area contributed by atoms with Gasteiger partial charge in [0.2, 0.25) is 0 Å². The Labute approximate surface area is 190 Å². The first-order valence-corrected chi connectivity index (χ1v) is 11.2. The first kappa shape index (κ1) is 22.6. The predicted octanol–water partition coefficient (Wildman–Crippen LogP) is 5.59. The summed E-state index contributed by atoms with van der Waals surface area (Å²) >= 11 is 0. The van der Waals surface area contributed by atoms with Crippen molar-refractivity contribution < 1.29 is 27.5 Å². The van der Waals surface area contributed by atoms with Gasteiger partial charge in [-0.15, -0.1) is 23.7 Å². The normalized spacial score (nSPS) is 15.2. The molecule has 170 valence electrons. The zero-order chi connectivity index (χ0) is 23.6. The number of carbonyl (C=O) groups excluding carboxylic acids is 2. The van der Waals surface area contributed by atoms with E-state index >= 15 is 0 Å². The van der Waals surface area contributed by atoms with Crippen molar-refractivity contribution in [2.75, 3.05) is 5.32 Å². The molecule has 4 rings (SSSR count). The van der Waals surface area contributed by atoms with E-state index in [0.29, 0.717) is 22.4 Å². The van der Waals surface area contributed by atoms with E-state index in [9.17, 15) is 22.8 Å². The number of alkyl halides is 3. The number of anilines is 1. The van der Waals surface area contributed by atoms with Gasteiger partial charge in [-0.2, -0.15) is 0 Å². The van der Waals surface area contributed by atoms with Gasteiger partial charge in [-0.25, -0.2) is 0 Å². The summed E-state index contributed by atoms with van der Waals surface area (Å²) in [4.78, 5) is 27.3. The molecule has 2 amide bonds. The summed E-state index contributed by atoms with van der Waals surface area (Å²) < 4.78 is 41.2. The molecule has 0 aromatic heterocycles. The van der Waals surface area contributed by atoms with Crippen molar-refractivity contribution in [3.63, 3.8) is 0 Å². The standard InChI is InChI=1S/C24H19F3N2O3S/c1-2-33-20-9-4-3-8-18(20)23(31)29-19-13-16(10-11-21(19)33)22(30)28-14-15-6-5-7-17(12-15)32-24(25,26)27/h2-13H,14H2,1H3,(H,28,30)(H,29,31). The number of hydrogen-bond donors (Lipinski definition) is 2. The Morgan fingerprint density at radius 2 is 1.85 bits per heavy atom. The van der Waals surface area contributed by atoms with Crippen molar-refractivity contribution in [2.45, 2.75) is 29.6 Å². The largest absolute Gasteiger partial charge is 0.573 e. The summed E-state index contributed by atoms with van der Waals surface area (Å²) in [6.07, 6.45) is -4.79. The second kappa shape index (κ2) is 9.11. The van der Waals surface area contributed by atoms with Crippen molar-refractivity contribution in [3.8, 4) is 5.75 Å². The molecule has 0 aliphatic carbocycles. The van der Waals surface area contributed by atoms with Crippen molar-refractivity contribution in [1.29, 1.82) is 0 Å². The van der Waals surface area contributed by atoms with Gasteiger partial charge in [0.25, 0.3) is 11.8 Å². The molecule has 0 bridgehead atoms. The molecular weight excluding hydrogens is 453 g/mol. The van der Waals surface area contributed by atoms with Gasteiger partial charge < -0.3 is 15.4 Å². The first-order valence-electron chi connectivity index (χ1n) is 9.95.